The molecule has 0 bridgehead atoms. The van der Waals surface area contributed by atoms with Crippen LogP contribution in [0, 0.1) is 23.7 Å². The molecule has 0 spiro atoms. The maximum absolute atomic E-state index is 13.9. The number of carbonyl (C=O) groups excluding carboxylic acids is 5. The van der Waals surface area contributed by atoms with Crippen molar-refractivity contribution in [3.63, 3.8) is 0 Å². The molecule has 4 aliphatic carbocycles. The monoisotopic (exact) mass is 547 g/mol. The lowest BCUT2D eigenvalue weighted by molar-refractivity contribution is -0.181. The predicted molar refractivity (Wildman–Crippen MR) is 143 cm³/mol. The average Bonchev–Trinajstić information content (AvgIpc) is 3.72. The highest BCUT2D eigenvalue weighted by Gasteiger charge is 2.69. The van der Waals surface area contributed by atoms with E-state index in [1.54, 1.807) is 14.1 Å². The first-order valence-electron chi connectivity index (χ1n) is 13.7. The molecule has 2 aromatic rings. The number of benzene rings is 2. The third-order valence-electron chi connectivity index (χ3n) is 9.53. The summed E-state index contributed by atoms with van der Waals surface area (Å²) in [5.41, 5.74) is 4.24. The highest BCUT2D eigenvalue weighted by molar-refractivity contribution is 6.32. The first-order valence-corrected chi connectivity index (χ1v) is 13.7. The highest BCUT2D eigenvalue weighted by atomic mass is 16.3. The minimum Gasteiger partial charge on any atom is -0.507 e. The van der Waals surface area contributed by atoms with Crippen molar-refractivity contribution in [2.75, 3.05) is 21.1 Å². The van der Waals surface area contributed by atoms with Crippen LogP contribution in [0.5, 0.6) is 5.75 Å². The van der Waals surface area contributed by atoms with Crippen LogP contribution in [0.1, 0.15) is 40.7 Å². The number of Topliss-reactive ketones (excluding diaryl/α,β-unsaturated/α-hetero) is 4. The van der Waals surface area contributed by atoms with Gasteiger partial charge in [-0.2, -0.15) is 0 Å². The van der Waals surface area contributed by atoms with Gasteiger partial charge in [-0.25, -0.2) is 0 Å². The molecule has 4 aliphatic rings. The molecule has 2 aromatic carbocycles. The zero-order valence-corrected chi connectivity index (χ0v) is 22.7. The van der Waals surface area contributed by atoms with Crippen LogP contribution in [-0.4, -0.2) is 87.9 Å². The zero-order chi connectivity index (χ0) is 28.8. The van der Waals surface area contributed by atoms with E-state index >= 15 is 0 Å². The van der Waals surface area contributed by atoms with Crippen LogP contribution >= 0.6 is 0 Å². The lowest BCUT2D eigenvalue weighted by Gasteiger charge is -2.52. The maximum Gasteiger partial charge on any atom is 0.235 e. The molecule has 10 nitrogen and oxygen atoms in total. The average molecular weight is 548 g/mol. The van der Waals surface area contributed by atoms with Gasteiger partial charge in [-0.1, -0.05) is 18.2 Å². The molecule has 0 aromatic heterocycles. The van der Waals surface area contributed by atoms with Crippen LogP contribution in [0.15, 0.2) is 24.3 Å². The highest BCUT2D eigenvalue weighted by Crippen LogP contribution is 2.51. The summed E-state index contributed by atoms with van der Waals surface area (Å²) in [5.74, 6) is -10.3. The molecule has 40 heavy (non-hydrogen) atoms. The SMILES string of the molecule is CN(Cc1ccc2cc3c(c(O)c2c1)C(=O)C1C(=O)[C@]2(O)C(=O)C(C(N)=O)C(=O)[C@@H](N(C)C)[C@@H]2C[C@@H]1C3)C1CC1. The largest absolute Gasteiger partial charge is 0.507 e. The second-order valence-electron chi connectivity index (χ2n) is 12.3. The lowest BCUT2D eigenvalue weighted by Crippen LogP contribution is -2.74. The summed E-state index contributed by atoms with van der Waals surface area (Å²) < 4.78 is 0. The number of nitrogens with zero attached hydrogens (tertiary/aromatic N) is 2. The van der Waals surface area contributed by atoms with Gasteiger partial charge in [0.25, 0.3) is 0 Å². The molecular weight excluding hydrogens is 514 g/mol. The Kier molecular flexibility index (Phi) is 6.03. The maximum atomic E-state index is 13.9. The van der Waals surface area contributed by atoms with Gasteiger partial charge in [0.1, 0.15) is 5.75 Å². The Hall–Kier alpha value is -3.47. The minimum atomic E-state index is -2.72. The first kappa shape index (κ1) is 26.7. The van der Waals surface area contributed by atoms with Gasteiger partial charge in [-0.15, -0.1) is 0 Å². The second-order valence-corrected chi connectivity index (χ2v) is 12.3. The molecule has 0 saturated heterocycles. The van der Waals surface area contributed by atoms with E-state index in [2.05, 4.69) is 11.9 Å². The standard InChI is InChI=1S/C30H33N3O7/c1-32(2)23-19-11-16-10-15-9-14-5-4-13(12-33(3)17-6-7-17)8-18(14)24(34)20(15)25(35)21(16)27(37)30(19,40)28(38)22(26(23)36)29(31)39/h4-5,8-9,16-17,19,21-23,34,40H,6-7,10-12H2,1-3H3,(H2,31,39)/t16-,19-,21?,22?,23-,30-/m0/s1. The number of primary amides is 1. The van der Waals surface area contributed by atoms with Crippen LogP contribution < -0.4 is 5.73 Å². The Bertz CT molecular complexity index is 1510. The number of phenolic OH excluding ortho intramolecular Hbond substituents is 1. The van der Waals surface area contributed by atoms with Gasteiger partial charge in [0.05, 0.1) is 17.5 Å². The molecule has 6 rings (SSSR count). The summed E-state index contributed by atoms with van der Waals surface area (Å²) in [4.78, 5) is 70.3. The molecular formula is C30H33N3O7. The van der Waals surface area contributed by atoms with Gasteiger partial charge in [0.15, 0.2) is 34.7 Å². The summed E-state index contributed by atoms with van der Waals surface area (Å²) in [6.07, 6.45) is 2.61. The number of aromatic hydroxyl groups is 1. The summed E-state index contributed by atoms with van der Waals surface area (Å²) >= 11 is 0. The predicted octanol–water partition coefficient (Wildman–Crippen LogP) is 0.614. The number of nitrogens with two attached hydrogens (primary N) is 1. The van der Waals surface area contributed by atoms with Crippen LogP contribution in [0.4, 0.5) is 0 Å². The fourth-order valence-electron chi connectivity index (χ4n) is 7.45. The molecule has 210 valence electrons. The van der Waals surface area contributed by atoms with Gasteiger partial charge in [0, 0.05) is 23.9 Å². The van der Waals surface area contributed by atoms with E-state index in [1.165, 1.54) is 4.90 Å². The van der Waals surface area contributed by atoms with Gasteiger partial charge in [-0.05, 0) is 75.3 Å². The van der Waals surface area contributed by atoms with Crippen molar-refractivity contribution >= 4 is 39.8 Å². The molecule has 0 radical (unpaired) electrons. The topological polar surface area (TPSA) is 158 Å². The molecule has 2 unspecified atom stereocenters. The van der Waals surface area contributed by atoms with Crippen molar-refractivity contribution < 1.29 is 34.2 Å². The summed E-state index contributed by atoms with van der Waals surface area (Å²) in [6, 6.07) is 7.06. The number of aliphatic hydroxyl groups is 1. The molecule has 3 saturated carbocycles. The van der Waals surface area contributed by atoms with Gasteiger partial charge in [0.2, 0.25) is 5.91 Å². The van der Waals surface area contributed by atoms with E-state index in [0.717, 1.165) is 23.8 Å². The van der Waals surface area contributed by atoms with Crippen LogP contribution in [-0.2, 0) is 32.1 Å². The molecule has 3 fully saturated rings. The van der Waals surface area contributed by atoms with E-state index in [4.69, 9.17) is 5.73 Å². The molecule has 10 heteroatoms. The van der Waals surface area contributed by atoms with E-state index < -0.39 is 64.4 Å². The Morgan fingerprint density at radius 1 is 1.07 bits per heavy atom. The quantitative estimate of drug-likeness (QED) is 0.456. The summed E-state index contributed by atoms with van der Waals surface area (Å²) in [5, 5.41) is 24.3. The zero-order valence-electron chi connectivity index (χ0n) is 22.7. The number of hydrogen-bond acceptors (Lipinski definition) is 9. The number of phenols is 1. The number of likely N-dealkylation sites (N-methyl/N-ethyl adjacent to an activating group) is 1. The van der Waals surface area contributed by atoms with E-state index in [0.29, 0.717) is 23.5 Å². The number of ketones is 4. The van der Waals surface area contributed by atoms with Gasteiger partial charge in [-0.3, -0.25) is 33.8 Å². The molecule has 6 atom stereocenters. The fraction of sp³-hybridized carbons (Fsp3) is 0.500. The van der Waals surface area contributed by atoms with Gasteiger partial charge < -0.3 is 15.9 Å². The number of fused-ring (bicyclic) bond motifs is 4. The number of carbonyl (C=O) groups is 5. The van der Waals surface area contributed by atoms with Crippen LogP contribution in [0.2, 0.25) is 0 Å². The molecule has 1 amide bonds. The van der Waals surface area contributed by atoms with E-state index in [1.807, 2.05) is 24.3 Å². The van der Waals surface area contributed by atoms with Gasteiger partial charge >= 0.3 is 0 Å². The Morgan fingerprint density at radius 2 is 1.77 bits per heavy atom. The first-order chi connectivity index (χ1) is 18.9. The molecule has 0 heterocycles. The second kappa shape index (κ2) is 9.02. The lowest BCUT2D eigenvalue weighted by atomic mass is 9.52. The minimum absolute atomic E-state index is 0.0202. The Morgan fingerprint density at radius 3 is 2.40 bits per heavy atom. The van der Waals surface area contributed by atoms with Crippen molar-refractivity contribution in [1.82, 2.24) is 9.80 Å². The van der Waals surface area contributed by atoms with Crippen LogP contribution in [0.25, 0.3) is 10.8 Å². The van der Waals surface area contributed by atoms with Crippen molar-refractivity contribution in [3.05, 3.63) is 41.0 Å². The van der Waals surface area contributed by atoms with E-state index in [9.17, 15) is 34.2 Å². The fourth-order valence-corrected chi connectivity index (χ4v) is 7.45. The van der Waals surface area contributed by atoms with Crippen LogP contribution in [0.3, 0.4) is 0 Å². The Labute approximate surface area is 231 Å². The summed E-state index contributed by atoms with van der Waals surface area (Å²) in [6.45, 7) is 0.692. The number of rotatable bonds is 5. The molecule has 0 aliphatic heterocycles. The van der Waals surface area contributed by atoms with Crippen molar-refractivity contribution in [1.29, 1.82) is 0 Å². The van der Waals surface area contributed by atoms with Crippen molar-refractivity contribution in [2.45, 2.75) is 49.9 Å². The third-order valence-corrected chi connectivity index (χ3v) is 9.53. The smallest absolute Gasteiger partial charge is 0.235 e. The summed E-state index contributed by atoms with van der Waals surface area (Å²) in [7, 11) is 5.18. The Balaban J connectivity index is 1.42. The van der Waals surface area contributed by atoms with Crippen molar-refractivity contribution in [2.24, 2.45) is 29.4 Å². The normalized spacial score (nSPS) is 31.9. The number of hydrogen-bond donors (Lipinski definition) is 3. The third kappa shape index (κ3) is 3.69. The molecule has 4 N–H and O–H groups in total. The number of amides is 1. The van der Waals surface area contributed by atoms with Crippen molar-refractivity contribution in [3.8, 4) is 5.75 Å². The van der Waals surface area contributed by atoms with E-state index in [-0.39, 0.29) is 24.2 Å².